The molecule has 1 amide bonds. The maximum Gasteiger partial charge on any atom is 0.404 e. The lowest BCUT2D eigenvalue weighted by Crippen LogP contribution is -2.12. The zero-order chi connectivity index (χ0) is 16.8. The number of nitrogens with one attached hydrogen (secondary N) is 1. The number of aromatic nitrogens is 1. The van der Waals surface area contributed by atoms with Gasteiger partial charge in [0.15, 0.2) is 12.4 Å². The van der Waals surface area contributed by atoms with Gasteiger partial charge in [-0.15, -0.1) is 0 Å². The highest BCUT2D eigenvalue weighted by molar-refractivity contribution is 5.65. The van der Waals surface area contributed by atoms with Gasteiger partial charge < -0.3 is 20.3 Å². The van der Waals surface area contributed by atoms with Gasteiger partial charge in [-0.3, -0.25) is 0 Å². The summed E-state index contributed by atoms with van der Waals surface area (Å²) in [6, 6.07) is 19.8. The summed E-state index contributed by atoms with van der Waals surface area (Å²) >= 11 is 0. The zero-order valence-electron chi connectivity index (χ0n) is 12.9. The molecule has 24 heavy (non-hydrogen) atoms. The number of amides is 1. The molecular formula is C18H17N3O3. The Kier molecular flexibility index (Phi) is 4.76. The Morgan fingerprint density at radius 3 is 2.58 bits per heavy atom. The van der Waals surface area contributed by atoms with Gasteiger partial charge in [0.1, 0.15) is 5.69 Å². The highest BCUT2D eigenvalue weighted by Gasteiger charge is 2.08. The molecular weight excluding hydrogens is 306 g/mol. The average molecular weight is 323 g/mol. The van der Waals surface area contributed by atoms with Crippen molar-refractivity contribution in [2.75, 3.05) is 5.32 Å². The van der Waals surface area contributed by atoms with Crippen molar-refractivity contribution in [2.45, 2.75) is 13.2 Å². The van der Waals surface area contributed by atoms with Crippen LogP contribution in [0.15, 0.2) is 65.2 Å². The second kappa shape index (κ2) is 7.32. The second-order valence-corrected chi connectivity index (χ2v) is 5.20. The first-order valence-electron chi connectivity index (χ1n) is 7.47. The lowest BCUT2D eigenvalue weighted by atomic mass is 10.1. The maximum atomic E-state index is 10.6. The molecule has 0 saturated heterocycles. The molecule has 0 radical (unpaired) electrons. The number of anilines is 1. The van der Waals surface area contributed by atoms with E-state index in [0.29, 0.717) is 11.5 Å². The van der Waals surface area contributed by atoms with Crippen LogP contribution in [-0.2, 0) is 17.9 Å². The van der Waals surface area contributed by atoms with E-state index in [-0.39, 0.29) is 6.61 Å². The van der Waals surface area contributed by atoms with E-state index in [4.69, 9.17) is 10.3 Å². The lowest BCUT2D eigenvalue weighted by molar-refractivity contribution is 0.137. The summed E-state index contributed by atoms with van der Waals surface area (Å²) in [7, 11) is 0. The summed E-state index contributed by atoms with van der Waals surface area (Å²) in [6.07, 6.45) is -0.846. The van der Waals surface area contributed by atoms with Crippen molar-refractivity contribution in [3.63, 3.8) is 0 Å². The molecule has 1 aromatic heterocycles. The predicted octanol–water partition coefficient (Wildman–Crippen LogP) is 3.55. The molecule has 0 bridgehead atoms. The van der Waals surface area contributed by atoms with E-state index in [1.807, 2.05) is 42.5 Å². The molecule has 0 aliphatic heterocycles. The highest BCUT2D eigenvalue weighted by atomic mass is 16.6. The number of benzene rings is 2. The summed E-state index contributed by atoms with van der Waals surface area (Å²) in [5, 5.41) is 7.32. The van der Waals surface area contributed by atoms with Crippen molar-refractivity contribution in [1.82, 2.24) is 5.16 Å². The SMILES string of the molecule is NC(=O)OCc1cc(-c2ccc(NCc3ccccc3)cc2)no1. The van der Waals surface area contributed by atoms with Crippen molar-refractivity contribution >= 4 is 11.8 Å². The molecule has 0 aliphatic carbocycles. The van der Waals surface area contributed by atoms with E-state index in [9.17, 15) is 4.79 Å². The van der Waals surface area contributed by atoms with Gasteiger partial charge in [-0.05, 0) is 17.7 Å². The minimum atomic E-state index is -0.846. The molecule has 0 aliphatic rings. The third kappa shape index (κ3) is 4.13. The molecule has 0 saturated carbocycles. The fourth-order valence-electron chi connectivity index (χ4n) is 2.22. The number of hydrogen-bond acceptors (Lipinski definition) is 5. The van der Waals surface area contributed by atoms with E-state index < -0.39 is 6.09 Å². The van der Waals surface area contributed by atoms with Crippen LogP contribution in [0.4, 0.5) is 10.5 Å². The monoisotopic (exact) mass is 323 g/mol. The smallest absolute Gasteiger partial charge is 0.404 e. The minimum Gasteiger partial charge on any atom is -0.441 e. The van der Waals surface area contributed by atoms with E-state index in [2.05, 4.69) is 27.3 Å². The third-order valence-electron chi connectivity index (χ3n) is 3.44. The number of hydrogen-bond donors (Lipinski definition) is 2. The summed E-state index contributed by atoms with van der Waals surface area (Å²) in [5.41, 5.74) is 8.74. The topological polar surface area (TPSA) is 90.4 Å². The van der Waals surface area contributed by atoms with E-state index in [1.165, 1.54) is 5.56 Å². The first-order chi connectivity index (χ1) is 11.7. The summed E-state index contributed by atoms with van der Waals surface area (Å²) in [6.45, 7) is 0.734. The molecule has 0 unspecified atom stereocenters. The van der Waals surface area contributed by atoms with Crippen LogP contribution in [0.5, 0.6) is 0 Å². The van der Waals surface area contributed by atoms with Gasteiger partial charge in [0.25, 0.3) is 0 Å². The van der Waals surface area contributed by atoms with Crippen LogP contribution >= 0.6 is 0 Å². The molecule has 122 valence electrons. The van der Waals surface area contributed by atoms with Crippen LogP contribution in [0.2, 0.25) is 0 Å². The van der Waals surface area contributed by atoms with E-state index in [1.54, 1.807) is 6.07 Å². The summed E-state index contributed by atoms with van der Waals surface area (Å²) in [4.78, 5) is 10.6. The van der Waals surface area contributed by atoms with Gasteiger partial charge in [0.05, 0.1) is 0 Å². The Labute approximate surface area is 139 Å². The molecule has 0 spiro atoms. The van der Waals surface area contributed by atoms with Crippen molar-refractivity contribution in [3.05, 3.63) is 72.0 Å². The molecule has 3 aromatic rings. The molecule has 2 aromatic carbocycles. The first kappa shape index (κ1) is 15.6. The van der Waals surface area contributed by atoms with Crippen molar-refractivity contribution < 1.29 is 14.1 Å². The van der Waals surface area contributed by atoms with Crippen molar-refractivity contribution in [1.29, 1.82) is 0 Å². The standard InChI is InChI=1S/C18H17N3O3/c19-18(22)23-12-16-10-17(21-24-16)14-6-8-15(9-7-14)20-11-13-4-2-1-3-5-13/h1-10,20H,11-12H2,(H2,19,22). The minimum absolute atomic E-state index is 0.0287. The van der Waals surface area contributed by atoms with Crippen LogP contribution in [-0.4, -0.2) is 11.2 Å². The fraction of sp³-hybridized carbons (Fsp3) is 0.111. The normalized spacial score (nSPS) is 10.3. The maximum absolute atomic E-state index is 10.6. The molecule has 0 atom stereocenters. The zero-order valence-corrected chi connectivity index (χ0v) is 12.9. The molecule has 3 rings (SSSR count). The van der Waals surface area contributed by atoms with Gasteiger partial charge in [-0.2, -0.15) is 0 Å². The number of ether oxygens (including phenoxy) is 1. The first-order valence-corrected chi connectivity index (χ1v) is 7.47. The Hall–Kier alpha value is -3.28. The molecule has 6 heteroatoms. The van der Waals surface area contributed by atoms with E-state index in [0.717, 1.165) is 17.8 Å². The van der Waals surface area contributed by atoms with Crippen molar-refractivity contribution in [2.24, 2.45) is 5.73 Å². The third-order valence-corrected chi connectivity index (χ3v) is 3.44. The van der Waals surface area contributed by atoms with Gasteiger partial charge >= 0.3 is 6.09 Å². The highest BCUT2D eigenvalue weighted by Crippen LogP contribution is 2.22. The average Bonchev–Trinajstić information content (AvgIpc) is 3.08. The molecule has 6 nitrogen and oxygen atoms in total. The number of carbonyl (C=O) groups excluding carboxylic acids is 1. The fourth-order valence-corrected chi connectivity index (χ4v) is 2.22. The second-order valence-electron chi connectivity index (χ2n) is 5.20. The Bertz CT molecular complexity index is 798. The summed E-state index contributed by atoms with van der Waals surface area (Å²) in [5.74, 6) is 0.440. The predicted molar refractivity (Wildman–Crippen MR) is 90.1 cm³/mol. The Morgan fingerprint density at radius 2 is 1.88 bits per heavy atom. The number of nitrogens with two attached hydrogens (primary N) is 1. The molecule has 3 N–H and O–H groups in total. The molecule has 1 heterocycles. The van der Waals surface area contributed by atoms with Crippen LogP contribution in [0, 0.1) is 0 Å². The number of primary amides is 1. The lowest BCUT2D eigenvalue weighted by Gasteiger charge is -2.06. The largest absolute Gasteiger partial charge is 0.441 e. The van der Waals surface area contributed by atoms with Gasteiger partial charge in [-0.1, -0.05) is 47.6 Å². The summed E-state index contributed by atoms with van der Waals surface area (Å²) < 4.78 is 9.77. The number of carbonyl (C=O) groups is 1. The van der Waals surface area contributed by atoms with Gasteiger partial charge in [0.2, 0.25) is 0 Å². The van der Waals surface area contributed by atoms with Gasteiger partial charge in [0, 0.05) is 23.9 Å². The number of rotatable bonds is 6. The Balaban J connectivity index is 1.61. The van der Waals surface area contributed by atoms with Crippen molar-refractivity contribution in [3.8, 4) is 11.3 Å². The van der Waals surface area contributed by atoms with Crippen LogP contribution < -0.4 is 11.1 Å². The van der Waals surface area contributed by atoms with Crippen LogP contribution in [0.25, 0.3) is 11.3 Å². The van der Waals surface area contributed by atoms with Crippen LogP contribution in [0.1, 0.15) is 11.3 Å². The van der Waals surface area contributed by atoms with E-state index >= 15 is 0 Å². The Morgan fingerprint density at radius 1 is 1.12 bits per heavy atom. The quantitative estimate of drug-likeness (QED) is 0.724. The number of nitrogens with zero attached hydrogens (tertiary/aromatic N) is 1. The van der Waals surface area contributed by atoms with Crippen LogP contribution in [0.3, 0.4) is 0 Å². The van der Waals surface area contributed by atoms with Gasteiger partial charge in [-0.25, -0.2) is 4.79 Å². The molecule has 0 fully saturated rings.